The maximum atomic E-state index is 14.0. The Bertz CT molecular complexity index is 682. The molecule has 1 aliphatic heterocycles. The summed E-state index contributed by atoms with van der Waals surface area (Å²) in [4.78, 5) is 29.0. The molecule has 2 heterocycles. The molecule has 3 rings (SSSR count). The summed E-state index contributed by atoms with van der Waals surface area (Å²) in [7, 11) is 0. The van der Waals surface area contributed by atoms with Crippen molar-refractivity contribution in [3.05, 3.63) is 45.7 Å². The molecule has 0 radical (unpaired) electrons. The zero-order valence-electron chi connectivity index (χ0n) is 10.0. The number of halogens is 1. The molecule has 19 heavy (non-hydrogen) atoms. The highest BCUT2D eigenvalue weighted by molar-refractivity contribution is 7.07. The molecule has 1 aromatic heterocycles. The highest BCUT2D eigenvalue weighted by Crippen LogP contribution is 2.33. The Morgan fingerprint density at radius 3 is 2.84 bits per heavy atom. The van der Waals surface area contributed by atoms with Crippen LogP contribution in [0.1, 0.15) is 21.6 Å². The van der Waals surface area contributed by atoms with Crippen LogP contribution in [0, 0.1) is 12.7 Å². The van der Waals surface area contributed by atoms with Crippen LogP contribution in [0.15, 0.2) is 23.0 Å². The predicted octanol–water partition coefficient (Wildman–Crippen LogP) is 2.32. The van der Waals surface area contributed by atoms with Gasteiger partial charge in [0.1, 0.15) is 5.82 Å². The highest BCUT2D eigenvalue weighted by Gasteiger charge is 2.38. The summed E-state index contributed by atoms with van der Waals surface area (Å²) in [6.07, 6.45) is 0. The lowest BCUT2D eigenvalue weighted by Crippen LogP contribution is -2.29. The fourth-order valence-corrected chi connectivity index (χ4v) is 2.70. The molecule has 1 amide bonds. The number of ketones is 1. The maximum absolute atomic E-state index is 14.0. The SMILES string of the molecule is Cc1cc(F)c2c(c1)C(=O)C(=O)N2Cc1cscn1. The molecule has 0 saturated carbocycles. The smallest absolute Gasteiger partial charge is 0.296 e. The Kier molecular flexibility index (Phi) is 2.67. The van der Waals surface area contributed by atoms with E-state index in [9.17, 15) is 14.0 Å². The number of aromatic nitrogens is 1. The second-order valence-electron chi connectivity index (χ2n) is 4.34. The number of hydrogen-bond acceptors (Lipinski definition) is 4. The third-order valence-electron chi connectivity index (χ3n) is 2.97. The number of carbonyl (C=O) groups excluding carboxylic acids is 2. The zero-order valence-corrected chi connectivity index (χ0v) is 10.8. The Morgan fingerprint density at radius 2 is 2.16 bits per heavy atom. The summed E-state index contributed by atoms with van der Waals surface area (Å²) in [5, 5.41) is 1.77. The fraction of sp³-hybridized carbons (Fsp3) is 0.154. The lowest BCUT2D eigenvalue weighted by Gasteiger charge is -2.15. The van der Waals surface area contributed by atoms with E-state index in [0.717, 1.165) is 4.90 Å². The molecule has 0 saturated heterocycles. The fourth-order valence-electron chi connectivity index (χ4n) is 2.15. The minimum Gasteiger partial charge on any atom is -0.296 e. The number of rotatable bonds is 2. The summed E-state index contributed by atoms with van der Waals surface area (Å²) in [6, 6.07) is 2.86. The molecule has 4 nitrogen and oxygen atoms in total. The highest BCUT2D eigenvalue weighted by atomic mass is 32.1. The predicted molar refractivity (Wildman–Crippen MR) is 68.8 cm³/mol. The number of hydrogen-bond donors (Lipinski definition) is 0. The van der Waals surface area contributed by atoms with Crippen molar-refractivity contribution < 1.29 is 14.0 Å². The molecular formula is C13H9FN2O2S. The van der Waals surface area contributed by atoms with Gasteiger partial charge in [-0.15, -0.1) is 11.3 Å². The summed E-state index contributed by atoms with van der Waals surface area (Å²) in [6.45, 7) is 1.80. The van der Waals surface area contributed by atoms with E-state index in [1.165, 1.54) is 17.4 Å². The van der Waals surface area contributed by atoms with Gasteiger partial charge < -0.3 is 0 Å². The molecule has 0 aliphatic carbocycles. The van der Waals surface area contributed by atoms with Gasteiger partial charge in [0.15, 0.2) is 0 Å². The number of amides is 1. The van der Waals surface area contributed by atoms with E-state index in [-0.39, 0.29) is 17.8 Å². The van der Waals surface area contributed by atoms with E-state index in [2.05, 4.69) is 4.98 Å². The standard InChI is InChI=1S/C13H9FN2O2S/c1-7-2-9-11(10(14)3-7)16(13(18)12(9)17)4-8-5-19-6-15-8/h2-3,5-6H,4H2,1H3. The molecule has 0 atom stereocenters. The van der Waals surface area contributed by atoms with Crippen LogP contribution in [-0.2, 0) is 11.3 Å². The van der Waals surface area contributed by atoms with Crippen LogP contribution < -0.4 is 4.90 Å². The summed E-state index contributed by atoms with van der Waals surface area (Å²) in [5.41, 5.74) is 3.09. The van der Waals surface area contributed by atoms with Crippen molar-refractivity contribution in [2.45, 2.75) is 13.5 Å². The van der Waals surface area contributed by atoms with Gasteiger partial charge >= 0.3 is 0 Å². The average Bonchev–Trinajstić information content (AvgIpc) is 2.93. The molecule has 1 aliphatic rings. The van der Waals surface area contributed by atoms with E-state index in [0.29, 0.717) is 11.3 Å². The third-order valence-corrected chi connectivity index (χ3v) is 3.60. The molecule has 96 valence electrons. The van der Waals surface area contributed by atoms with Crippen LogP contribution in [0.25, 0.3) is 0 Å². The quantitative estimate of drug-likeness (QED) is 0.791. The molecule has 0 N–H and O–H groups in total. The second-order valence-corrected chi connectivity index (χ2v) is 5.06. The van der Waals surface area contributed by atoms with Crippen molar-refractivity contribution in [1.82, 2.24) is 4.98 Å². The van der Waals surface area contributed by atoms with Crippen molar-refractivity contribution in [2.75, 3.05) is 4.90 Å². The van der Waals surface area contributed by atoms with Gasteiger partial charge in [0.25, 0.3) is 11.7 Å². The molecule has 0 bridgehead atoms. The number of anilines is 1. The average molecular weight is 276 g/mol. The number of fused-ring (bicyclic) bond motifs is 1. The molecular weight excluding hydrogens is 267 g/mol. The molecule has 0 spiro atoms. The summed E-state index contributed by atoms with van der Waals surface area (Å²) < 4.78 is 14.0. The first kappa shape index (κ1) is 12.0. The van der Waals surface area contributed by atoms with Gasteiger partial charge in [-0.2, -0.15) is 0 Å². The second kappa shape index (κ2) is 4.24. The molecule has 6 heteroatoms. The first-order valence-electron chi connectivity index (χ1n) is 5.61. The van der Waals surface area contributed by atoms with Gasteiger partial charge in [-0.3, -0.25) is 14.5 Å². The van der Waals surface area contributed by atoms with Gasteiger partial charge in [-0.05, 0) is 24.6 Å². The van der Waals surface area contributed by atoms with Crippen molar-refractivity contribution in [3.8, 4) is 0 Å². The van der Waals surface area contributed by atoms with E-state index in [1.54, 1.807) is 23.9 Å². The molecule has 1 aromatic carbocycles. The number of Topliss-reactive ketones (excluding diaryl/α,β-unsaturated/α-hetero) is 1. The van der Waals surface area contributed by atoms with E-state index >= 15 is 0 Å². The summed E-state index contributed by atoms with van der Waals surface area (Å²) >= 11 is 1.39. The lowest BCUT2D eigenvalue weighted by atomic mass is 10.1. The number of aryl methyl sites for hydroxylation is 1. The Morgan fingerprint density at radius 1 is 1.37 bits per heavy atom. The zero-order chi connectivity index (χ0) is 13.6. The van der Waals surface area contributed by atoms with Gasteiger partial charge in [0, 0.05) is 5.38 Å². The van der Waals surface area contributed by atoms with Crippen molar-refractivity contribution in [3.63, 3.8) is 0 Å². The number of benzene rings is 1. The molecule has 0 unspecified atom stereocenters. The monoisotopic (exact) mass is 276 g/mol. The van der Waals surface area contributed by atoms with Gasteiger partial charge in [0.2, 0.25) is 0 Å². The maximum Gasteiger partial charge on any atom is 0.299 e. The minimum absolute atomic E-state index is 0.0635. The Hall–Kier alpha value is -2.08. The Balaban J connectivity index is 2.09. The number of thiazole rings is 1. The number of nitrogens with zero attached hydrogens (tertiary/aromatic N) is 2. The van der Waals surface area contributed by atoms with Crippen LogP contribution in [0.4, 0.5) is 10.1 Å². The lowest BCUT2D eigenvalue weighted by molar-refractivity contribution is -0.114. The van der Waals surface area contributed by atoms with Crippen LogP contribution in [0.2, 0.25) is 0 Å². The van der Waals surface area contributed by atoms with E-state index in [4.69, 9.17) is 0 Å². The molecule has 0 fully saturated rings. The van der Waals surface area contributed by atoms with Crippen LogP contribution in [0.5, 0.6) is 0 Å². The normalized spacial score (nSPS) is 14.1. The van der Waals surface area contributed by atoms with Crippen LogP contribution in [0.3, 0.4) is 0 Å². The van der Waals surface area contributed by atoms with Gasteiger partial charge in [-0.1, -0.05) is 0 Å². The summed E-state index contributed by atoms with van der Waals surface area (Å²) in [5.74, 6) is -1.91. The first-order chi connectivity index (χ1) is 9.08. The van der Waals surface area contributed by atoms with Crippen LogP contribution >= 0.6 is 11.3 Å². The topological polar surface area (TPSA) is 50.3 Å². The van der Waals surface area contributed by atoms with Crippen LogP contribution in [-0.4, -0.2) is 16.7 Å². The van der Waals surface area contributed by atoms with E-state index < -0.39 is 17.5 Å². The third kappa shape index (κ3) is 1.84. The van der Waals surface area contributed by atoms with Gasteiger partial charge in [0.05, 0.1) is 29.0 Å². The van der Waals surface area contributed by atoms with Crippen molar-refractivity contribution in [2.24, 2.45) is 0 Å². The molecule has 2 aromatic rings. The minimum atomic E-state index is -0.701. The Labute approximate surface area is 112 Å². The van der Waals surface area contributed by atoms with Crippen molar-refractivity contribution >= 4 is 28.7 Å². The first-order valence-corrected chi connectivity index (χ1v) is 6.55. The number of carbonyl (C=O) groups is 2. The van der Waals surface area contributed by atoms with Gasteiger partial charge in [-0.25, -0.2) is 9.37 Å². The largest absolute Gasteiger partial charge is 0.299 e. The van der Waals surface area contributed by atoms with E-state index in [1.807, 2.05) is 0 Å². The van der Waals surface area contributed by atoms with Crippen molar-refractivity contribution in [1.29, 1.82) is 0 Å².